The number of hydrogen-bond acceptors (Lipinski definition) is 4. The molecule has 24 heavy (non-hydrogen) atoms. The van der Waals surface area contributed by atoms with Crippen LogP contribution in [-0.4, -0.2) is 28.6 Å². The maximum Gasteiger partial charge on any atom is 0.226 e. The summed E-state index contributed by atoms with van der Waals surface area (Å²) in [6.07, 6.45) is 1.23. The number of aryl methyl sites for hydroxylation is 1. The van der Waals surface area contributed by atoms with Gasteiger partial charge in [0.05, 0.1) is 11.8 Å². The summed E-state index contributed by atoms with van der Waals surface area (Å²) in [5.41, 5.74) is 2.43. The van der Waals surface area contributed by atoms with Crippen LogP contribution in [0.1, 0.15) is 30.6 Å². The Morgan fingerprint density at radius 2 is 2.04 bits per heavy atom. The molecule has 0 saturated heterocycles. The number of halogens is 1. The first-order valence-corrected chi connectivity index (χ1v) is 8.22. The van der Waals surface area contributed by atoms with Gasteiger partial charge in [-0.05, 0) is 37.1 Å². The lowest BCUT2D eigenvalue weighted by molar-refractivity contribution is -0.116. The first kappa shape index (κ1) is 18.4. The molecule has 2 atom stereocenters. The van der Waals surface area contributed by atoms with Gasteiger partial charge in [-0.3, -0.25) is 4.79 Å². The largest absolute Gasteiger partial charge is 0.387 e. The third-order valence-electron chi connectivity index (χ3n) is 3.73. The van der Waals surface area contributed by atoms with E-state index in [0.717, 1.165) is 11.1 Å². The minimum Gasteiger partial charge on any atom is -0.387 e. The van der Waals surface area contributed by atoms with E-state index in [2.05, 4.69) is 15.6 Å². The number of aliphatic hydroxyl groups is 1. The normalized spacial score (nSPS) is 13.3. The molecule has 2 aromatic rings. The van der Waals surface area contributed by atoms with Crippen molar-refractivity contribution >= 4 is 23.2 Å². The molecule has 0 bridgehead atoms. The highest BCUT2D eigenvalue weighted by Gasteiger charge is 2.14. The Morgan fingerprint density at radius 3 is 2.75 bits per heavy atom. The second-order valence-corrected chi connectivity index (χ2v) is 6.13. The summed E-state index contributed by atoms with van der Waals surface area (Å²) in [6.45, 7) is 4.25. The molecule has 0 saturated carbocycles. The quantitative estimate of drug-likeness (QED) is 0.673. The van der Waals surface area contributed by atoms with Crippen molar-refractivity contribution in [2.24, 2.45) is 0 Å². The molecule has 0 aliphatic carbocycles. The van der Waals surface area contributed by atoms with Gasteiger partial charge in [0.2, 0.25) is 5.91 Å². The molecular formula is C18H22ClN3O2. The zero-order valence-corrected chi connectivity index (χ0v) is 14.5. The van der Waals surface area contributed by atoms with Crippen LogP contribution in [0.25, 0.3) is 0 Å². The molecule has 6 heteroatoms. The van der Waals surface area contributed by atoms with Gasteiger partial charge in [0.1, 0.15) is 0 Å². The zero-order valence-electron chi connectivity index (χ0n) is 13.8. The van der Waals surface area contributed by atoms with Gasteiger partial charge < -0.3 is 15.7 Å². The molecule has 0 aliphatic rings. The van der Waals surface area contributed by atoms with E-state index < -0.39 is 6.10 Å². The van der Waals surface area contributed by atoms with Crippen molar-refractivity contribution in [2.45, 2.75) is 32.4 Å². The van der Waals surface area contributed by atoms with Crippen LogP contribution in [-0.2, 0) is 4.79 Å². The number of aromatic nitrogens is 1. The van der Waals surface area contributed by atoms with E-state index in [-0.39, 0.29) is 23.5 Å². The highest BCUT2D eigenvalue weighted by atomic mass is 35.5. The van der Waals surface area contributed by atoms with E-state index in [9.17, 15) is 9.90 Å². The van der Waals surface area contributed by atoms with Gasteiger partial charge in [-0.15, -0.1) is 0 Å². The lowest BCUT2D eigenvalue weighted by atomic mass is 10.0. The highest BCUT2D eigenvalue weighted by Crippen LogP contribution is 2.18. The summed E-state index contributed by atoms with van der Waals surface area (Å²) in [4.78, 5) is 16.0. The molecule has 2 rings (SSSR count). The maximum atomic E-state index is 12.0. The summed E-state index contributed by atoms with van der Waals surface area (Å²) in [7, 11) is 0. The smallest absolute Gasteiger partial charge is 0.226 e. The van der Waals surface area contributed by atoms with E-state index in [1.165, 1.54) is 0 Å². The summed E-state index contributed by atoms with van der Waals surface area (Å²) in [6, 6.07) is 11.0. The summed E-state index contributed by atoms with van der Waals surface area (Å²) < 4.78 is 0. The molecule has 1 aromatic carbocycles. The predicted octanol–water partition coefficient (Wildman–Crippen LogP) is 3.08. The Balaban J connectivity index is 1.80. The Morgan fingerprint density at radius 1 is 1.29 bits per heavy atom. The van der Waals surface area contributed by atoms with Crippen molar-refractivity contribution in [3.05, 3.63) is 58.9 Å². The molecular weight excluding hydrogens is 326 g/mol. The third kappa shape index (κ3) is 5.30. The Bertz CT molecular complexity index is 693. The Labute approximate surface area is 147 Å². The van der Waals surface area contributed by atoms with Crippen molar-refractivity contribution in [3.63, 3.8) is 0 Å². The molecule has 1 amide bonds. The number of carbonyl (C=O) groups is 1. The molecule has 1 aromatic heterocycles. The van der Waals surface area contributed by atoms with E-state index in [4.69, 9.17) is 11.6 Å². The molecule has 0 radical (unpaired) electrons. The van der Waals surface area contributed by atoms with Crippen LogP contribution in [0.4, 0.5) is 5.69 Å². The molecule has 0 fully saturated rings. The number of benzene rings is 1. The van der Waals surface area contributed by atoms with Gasteiger partial charge in [-0.1, -0.05) is 35.9 Å². The van der Waals surface area contributed by atoms with E-state index in [0.29, 0.717) is 12.2 Å². The highest BCUT2D eigenvalue weighted by molar-refractivity contribution is 6.32. The van der Waals surface area contributed by atoms with Crippen LogP contribution in [0.5, 0.6) is 0 Å². The van der Waals surface area contributed by atoms with Gasteiger partial charge in [0.15, 0.2) is 5.15 Å². The number of anilines is 1. The molecule has 0 spiro atoms. The van der Waals surface area contributed by atoms with E-state index in [1.54, 1.807) is 18.3 Å². The molecule has 128 valence electrons. The summed E-state index contributed by atoms with van der Waals surface area (Å²) in [5, 5.41) is 16.4. The fourth-order valence-corrected chi connectivity index (χ4v) is 2.58. The van der Waals surface area contributed by atoms with Crippen LogP contribution in [0.3, 0.4) is 0 Å². The number of amides is 1. The molecule has 1 heterocycles. The van der Waals surface area contributed by atoms with Crippen molar-refractivity contribution in [1.29, 1.82) is 0 Å². The number of pyridine rings is 1. The van der Waals surface area contributed by atoms with Crippen LogP contribution < -0.4 is 10.6 Å². The van der Waals surface area contributed by atoms with E-state index in [1.807, 2.05) is 38.1 Å². The minimum atomic E-state index is -0.607. The van der Waals surface area contributed by atoms with Gasteiger partial charge in [-0.2, -0.15) is 0 Å². The number of hydrogen-bond donors (Lipinski definition) is 3. The van der Waals surface area contributed by atoms with Crippen LogP contribution in [0.2, 0.25) is 5.15 Å². The van der Waals surface area contributed by atoms with Gasteiger partial charge in [0, 0.05) is 25.2 Å². The first-order valence-electron chi connectivity index (χ1n) is 7.84. The number of nitrogens with zero attached hydrogens (tertiary/aromatic N) is 1. The second kappa shape index (κ2) is 8.78. The first-order chi connectivity index (χ1) is 11.5. The molecule has 3 N–H and O–H groups in total. The Kier molecular flexibility index (Phi) is 6.73. The number of rotatable bonds is 7. The summed E-state index contributed by atoms with van der Waals surface area (Å²) in [5.74, 6) is -0.157. The van der Waals surface area contributed by atoms with E-state index >= 15 is 0 Å². The van der Waals surface area contributed by atoms with Crippen LogP contribution in [0, 0.1) is 6.92 Å². The standard InChI is InChI=1S/C18H22ClN3O2/c1-12-6-3-4-7-14(12)16(23)11-21-13(2)10-17(24)22-15-8-5-9-20-18(15)19/h3-9,13,16,21,23H,10-11H2,1-2H3,(H,22,24). The SMILES string of the molecule is Cc1ccccc1C(O)CNC(C)CC(=O)Nc1cccnc1Cl. The van der Waals surface area contributed by atoms with Crippen molar-refractivity contribution in [1.82, 2.24) is 10.3 Å². The second-order valence-electron chi connectivity index (χ2n) is 5.78. The zero-order chi connectivity index (χ0) is 17.5. The van der Waals surface area contributed by atoms with Gasteiger partial charge in [0.25, 0.3) is 0 Å². The number of aliphatic hydroxyl groups excluding tert-OH is 1. The fourth-order valence-electron chi connectivity index (χ4n) is 2.41. The van der Waals surface area contributed by atoms with Crippen LogP contribution >= 0.6 is 11.6 Å². The van der Waals surface area contributed by atoms with Crippen molar-refractivity contribution in [3.8, 4) is 0 Å². The topological polar surface area (TPSA) is 74.2 Å². The predicted molar refractivity (Wildman–Crippen MR) is 96.1 cm³/mol. The van der Waals surface area contributed by atoms with Gasteiger partial charge >= 0.3 is 0 Å². The summed E-state index contributed by atoms with van der Waals surface area (Å²) >= 11 is 5.92. The number of nitrogens with one attached hydrogen (secondary N) is 2. The average Bonchev–Trinajstić information content (AvgIpc) is 2.55. The molecule has 0 aliphatic heterocycles. The molecule has 5 nitrogen and oxygen atoms in total. The monoisotopic (exact) mass is 347 g/mol. The minimum absolute atomic E-state index is 0.0842. The van der Waals surface area contributed by atoms with Crippen LogP contribution in [0.15, 0.2) is 42.6 Å². The van der Waals surface area contributed by atoms with Crippen molar-refractivity contribution in [2.75, 3.05) is 11.9 Å². The lowest BCUT2D eigenvalue weighted by Gasteiger charge is -2.18. The average molecular weight is 348 g/mol. The van der Waals surface area contributed by atoms with Gasteiger partial charge in [-0.25, -0.2) is 4.98 Å². The van der Waals surface area contributed by atoms with Crippen molar-refractivity contribution < 1.29 is 9.90 Å². The third-order valence-corrected chi connectivity index (χ3v) is 4.03. The molecule has 2 unspecified atom stereocenters. The number of carbonyl (C=O) groups excluding carboxylic acids is 1. The maximum absolute atomic E-state index is 12.0. The lowest BCUT2D eigenvalue weighted by Crippen LogP contribution is -2.33. The fraction of sp³-hybridized carbons (Fsp3) is 0.333. The Hall–Kier alpha value is -1.95.